The molecule has 0 aliphatic carbocycles. The minimum atomic E-state index is -0.454. The first kappa shape index (κ1) is 15.6. The van der Waals surface area contributed by atoms with Crippen LogP contribution in [0.2, 0.25) is 0 Å². The monoisotopic (exact) mass is 339 g/mol. The second-order valence-electron chi connectivity index (χ2n) is 6.32. The molecule has 5 nitrogen and oxygen atoms in total. The summed E-state index contributed by atoms with van der Waals surface area (Å²) >= 11 is 0. The van der Waals surface area contributed by atoms with E-state index < -0.39 is 5.82 Å². The fourth-order valence-corrected chi connectivity index (χ4v) is 3.44. The van der Waals surface area contributed by atoms with Crippen LogP contribution in [-0.4, -0.2) is 16.7 Å². The third kappa shape index (κ3) is 2.54. The predicted octanol–water partition coefficient (Wildman–Crippen LogP) is 3.79. The molecular weight excluding hydrogens is 321 g/mol. The minimum absolute atomic E-state index is 0.0859. The molecule has 1 aromatic carbocycles. The Hall–Kier alpha value is -2.89. The van der Waals surface area contributed by atoms with Gasteiger partial charge in [0.05, 0.1) is 23.6 Å². The van der Waals surface area contributed by atoms with Gasteiger partial charge in [-0.15, -0.1) is 0 Å². The molecule has 1 aliphatic heterocycles. The van der Waals surface area contributed by atoms with Crippen molar-refractivity contribution in [1.29, 1.82) is 0 Å². The van der Waals surface area contributed by atoms with Crippen LogP contribution in [0.15, 0.2) is 35.1 Å². The summed E-state index contributed by atoms with van der Waals surface area (Å²) in [7, 11) is 0. The van der Waals surface area contributed by atoms with Crippen LogP contribution in [0.1, 0.15) is 28.5 Å². The largest absolute Gasteiger partial charge is 0.492 e. The van der Waals surface area contributed by atoms with Gasteiger partial charge in [-0.05, 0) is 38.0 Å². The number of hydrogen-bond donors (Lipinski definition) is 1. The molecule has 0 fully saturated rings. The minimum Gasteiger partial charge on any atom is -0.492 e. The Bertz CT molecular complexity index is 918. The summed E-state index contributed by atoms with van der Waals surface area (Å²) in [6.45, 7) is 4.12. The number of pyridine rings is 1. The Kier molecular flexibility index (Phi) is 3.67. The summed E-state index contributed by atoms with van der Waals surface area (Å²) < 4.78 is 25.8. The summed E-state index contributed by atoms with van der Waals surface area (Å²) in [5, 5.41) is 3.96. The lowest BCUT2D eigenvalue weighted by atomic mass is 9.87. The van der Waals surface area contributed by atoms with Crippen molar-refractivity contribution in [3.05, 3.63) is 59.0 Å². The molecule has 0 saturated heterocycles. The number of aromatic nitrogens is 2. The van der Waals surface area contributed by atoms with Gasteiger partial charge in [-0.25, -0.2) is 4.39 Å². The van der Waals surface area contributed by atoms with Gasteiger partial charge in [-0.2, -0.15) is 0 Å². The molecule has 25 heavy (non-hydrogen) atoms. The highest BCUT2D eigenvalue weighted by molar-refractivity contribution is 5.79. The highest BCUT2D eigenvalue weighted by Crippen LogP contribution is 2.45. The topological polar surface area (TPSA) is 74.2 Å². The van der Waals surface area contributed by atoms with Crippen LogP contribution in [0.3, 0.4) is 0 Å². The van der Waals surface area contributed by atoms with Crippen molar-refractivity contribution in [2.75, 3.05) is 12.3 Å². The lowest BCUT2D eigenvalue weighted by molar-refractivity contribution is 0.263. The molecule has 1 aliphatic rings. The number of anilines is 1. The Morgan fingerprint density at radius 2 is 2.16 bits per heavy atom. The van der Waals surface area contributed by atoms with Gasteiger partial charge in [0.1, 0.15) is 17.3 Å². The fourth-order valence-electron chi connectivity index (χ4n) is 3.44. The van der Waals surface area contributed by atoms with E-state index >= 15 is 0 Å². The van der Waals surface area contributed by atoms with Crippen molar-refractivity contribution in [3.63, 3.8) is 0 Å². The van der Waals surface area contributed by atoms with Crippen LogP contribution in [0.4, 0.5) is 10.1 Å². The normalized spacial score (nSPS) is 16.4. The average molecular weight is 339 g/mol. The first-order valence-corrected chi connectivity index (χ1v) is 8.13. The molecule has 0 amide bonds. The number of nitrogens with two attached hydrogens (primary N) is 1. The van der Waals surface area contributed by atoms with Gasteiger partial charge in [0, 0.05) is 29.4 Å². The van der Waals surface area contributed by atoms with E-state index in [0.717, 1.165) is 11.1 Å². The van der Waals surface area contributed by atoms with Crippen molar-refractivity contribution < 1.29 is 13.7 Å². The van der Waals surface area contributed by atoms with Gasteiger partial charge in [-0.1, -0.05) is 11.2 Å². The lowest BCUT2D eigenvalue weighted by Crippen LogP contribution is -2.21. The second kappa shape index (κ2) is 5.88. The molecule has 0 radical (unpaired) electrons. The van der Waals surface area contributed by atoms with Crippen LogP contribution in [-0.2, 0) is 6.42 Å². The van der Waals surface area contributed by atoms with E-state index in [1.54, 1.807) is 13.1 Å². The summed E-state index contributed by atoms with van der Waals surface area (Å²) in [5.41, 5.74) is 10.0. The Labute approximate surface area is 144 Å². The molecule has 6 heteroatoms. The van der Waals surface area contributed by atoms with E-state index in [9.17, 15) is 4.39 Å². The molecule has 0 saturated carbocycles. The number of fused-ring (bicyclic) bond motifs is 1. The average Bonchev–Trinajstić information content (AvgIpc) is 2.97. The van der Waals surface area contributed by atoms with Crippen molar-refractivity contribution in [2.24, 2.45) is 0 Å². The smallest absolute Gasteiger partial charge is 0.147 e. The van der Waals surface area contributed by atoms with Crippen LogP contribution in [0.25, 0.3) is 11.1 Å². The van der Waals surface area contributed by atoms with Crippen LogP contribution < -0.4 is 10.5 Å². The number of nitrogens with zero attached hydrogens (tertiary/aromatic N) is 2. The number of rotatable bonds is 2. The van der Waals surface area contributed by atoms with E-state index in [2.05, 4.69) is 10.1 Å². The third-order valence-corrected chi connectivity index (χ3v) is 4.71. The van der Waals surface area contributed by atoms with Crippen LogP contribution in [0.5, 0.6) is 5.75 Å². The first-order valence-electron chi connectivity index (χ1n) is 8.13. The molecule has 1 atom stereocenters. The third-order valence-electron chi connectivity index (χ3n) is 4.71. The number of hydrogen-bond acceptors (Lipinski definition) is 5. The lowest BCUT2D eigenvalue weighted by Gasteiger charge is -2.28. The zero-order valence-electron chi connectivity index (χ0n) is 14.0. The van der Waals surface area contributed by atoms with E-state index in [4.69, 9.17) is 15.0 Å². The quantitative estimate of drug-likeness (QED) is 0.719. The number of benzene rings is 1. The van der Waals surface area contributed by atoms with Gasteiger partial charge in [0.25, 0.3) is 0 Å². The Morgan fingerprint density at radius 1 is 1.32 bits per heavy atom. The fraction of sp³-hybridized carbons (Fsp3) is 0.263. The van der Waals surface area contributed by atoms with E-state index in [1.165, 1.54) is 6.07 Å². The Morgan fingerprint density at radius 3 is 2.84 bits per heavy atom. The molecule has 2 aromatic heterocycles. The molecule has 0 spiro atoms. The van der Waals surface area contributed by atoms with E-state index in [-0.39, 0.29) is 11.6 Å². The number of ether oxygens (including phenoxy) is 1. The SMILES string of the molecule is Cc1noc(C)c1-c1cc(F)c(N)c2c1OCC(c1cccnc1)C2. The van der Waals surface area contributed by atoms with Crippen molar-refractivity contribution >= 4 is 5.69 Å². The van der Waals surface area contributed by atoms with Gasteiger partial charge < -0.3 is 15.0 Å². The maximum Gasteiger partial charge on any atom is 0.147 e. The zero-order valence-corrected chi connectivity index (χ0v) is 14.0. The number of nitrogen functional groups attached to an aromatic ring is 1. The van der Waals surface area contributed by atoms with Crippen molar-refractivity contribution in [1.82, 2.24) is 10.1 Å². The van der Waals surface area contributed by atoms with Gasteiger partial charge in [-0.3, -0.25) is 4.98 Å². The van der Waals surface area contributed by atoms with Gasteiger partial charge in [0.15, 0.2) is 0 Å². The molecule has 1 unspecified atom stereocenters. The van der Waals surface area contributed by atoms with Crippen molar-refractivity contribution in [2.45, 2.75) is 26.2 Å². The van der Waals surface area contributed by atoms with Crippen molar-refractivity contribution in [3.8, 4) is 16.9 Å². The zero-order chi connectivity index (χ0) is 17.6. The predicted molar refractivity (Wildman–Crippen MR) is 92.0 cm³/mol. The van der Waals surface area contributed by atoms with Gasteiger partial charge >= 0.3 is 0 Å². The molecule has 128 valence electrons. The molecule has 2 N–H and O–H groups in total. The van der Waals surface area contributed by atoms with E-state index in [1.807, 2.05) is 25.3 Å². The molecule has 3 aromatic rings. The second-order valence-corrected chi connectivity index (χ2v) is 6.32. The highest BCUT2D eigenvalue weighted by Gasteiger charge is 2.29. The number of aryl methyl sites for hydroxylation is 2. The molecule has 3 heterocycles. The maximum atomic E-state index is 14.5. The summed E-state index contributed by atoms with van der Waals surface area (Å²) in [4.78, 5) is 4.16. The molecular formula is C19H18FN3O2. The summed E-state index contributed by atoms with van der Waals surface area (Å²) in [5.74, 6) is 0.877. The summed E-state index contributed by atoms with van der Waals surface area (Å²) in [6, 6.07) is 5.29. The standard InChI is InChI=1S/C19H18FN3O2/c1-10-17(11(2)25-23-10)14-7-16(20)18(21)15-6-13(9-24-19(14)15)12-4-3-5-22-8-12/h3-5,7-8,13H,6,9,21H2,1-2H3. The Balaban J connectivity index is 1.84. The molecule has 0 bridgehead atoms. The van der Waals surface area contributed by atoms with Gasteiger partial charge in [0.2, 0.25) is 0 Å². The molecule has 4 rings (SSSR count). The highest BCUT2D eigenvalue weighted by atomic mass is 19.1. The number of halogens is 1. The first-order chi connectivity index (χ1) is 12.1. The van der Waals surface area contributed by atoms with Crippen LogP contribution >= 0.6 is 0 Å². The maximum absolute atomic E-state index is 14.5. The summed E-state index contributed by atoms with van der Waals surface area (Å²) in [6.07, 6.45) is 4.13. The van der Waals surface area contributed by atoms with Crippen LogP contribution in [0, 0.1) is 19.7 Å². The van der Waals surface area contributed by atoms with E-state index in [0.29, 0.717) is 41.4 Å².